The average Bonchev–Trinajstić information content (AvgIpc) is 2.03. The van der Waals surface area contributed by atoms with E-state index in [2.05, 4.69) is 33.0 Å². The lowest BCUT2D eigenvalue weighted by Crippen LogP contribution is -2.35. The standard InChI is InChI=1S/C11H26N2/c1-10(2)6-5-7-13-9-11(3,4)8-12/h10,13H,5-9,12H2,1-4H3. The second-order valence-electron chi connectivity index (χ2n) is 5.08. The fraction of sp³-hybridized carbons (Fsp3) is 1.00. The molecule has 0 saturated heterocycles. The first-order valence-electron chi connectivity index (χ1n) is 5.39. The van der Waals surface area contributed by atoms with Gasteiger partial charge in [0.15, 0.2) is 0 Å². The van der Waals surface area contributed by atoms with E-state index >= 15 is 0 Å². The van der Waals surface area contributed by atoms with Gasteiger partial charge < -0.3 is 11.1 Å². The lowest BCUT2D eigenvalue weighted by atomic mass is 9.94. The van der Waals surface area contributed by atoms with Crippen molar-refractivity contribution in [2.75, 3.05) is 19.6 Å². The Morgan fingerprint density at radius 3 is 2.38 bits per heavy atom. The summed E-state index contributed by atoms with van der Waals surface area (Å²) in [6, 6.07) is 0. The van der Waals surface area contributed by atoms with Crippen LogP contribution in [-0.4, -0.2) is 19.6 Å². The minimum Gasteiger partial charge on any atom is -0.330 e. The van der Waals surface area contributed by atoms with Gasteiger partial charge in [-0.2, -0.15) is 0 Å². The van der Waals surface area contributed by atoms with E-state index in [1.165, 1.54) is 12.8 Å². The fourth-order valence-electron chi connectivity index (χ4n) is 1.13. The van der Waals surface area contributed by atoms with Gasteiger partial charge in [-0.05, 0) is 37.3 Å². The highest BCUT2D eigenvalue weighted by Gasteiger charge is 2.13. The van der Waals surface area contributed by atoms with Gasteiger partial charge in [0, 0.05) is 6.54 Å². The van der Waals surface area contributed by atoms with Crippen LogP contribution in [0, 0.1) is 11.3 Å². The normalized spacial score (nSPS) is 12.5. The van der Waals surface area contributed by atoms with Crippen LogP contribution in [0.1, 0.15) is 40.5 Å². The molecule has 2 nitrogen and oxygen atoms in total. The predicted molar refractivity (Wildman–Crippen MR) is 59.8 cm³/mol. The SMILES string of the molecule is CC(C)CCCNCC(C)(C)CN. The second-order valence-corrected chi connectivity index (χ2v) is 5.08. The largest absolute Gasteiger partial charge is 0.330 e. The number of hydrogen-bond donors (Lipinski definition) is 2. The zero-order valence-corrected chi connectivity index (χ0v) is 9.69. The van der Waals surface area contributed by atoms with E-state index in [9.17, 15) is 0 Å². The topological polar surface area (TPSA) is 38.0 Å². The molecule has 0 fully saturated rings. The van der Waals surface area contributed by atoms with Crippen LogP contribution in [0.5, 0.6) is 0 Å². The number of nitrogens with one attached hydrogen (secondary N) is 1. The second kappa shape index (κ2) is 6.39. The van der Waals surface area contributed by atoms with Crippen LogP contribution >= 0.6 is 0 Å². The molecule has 2 heteroatoms. The van der Waals surface area contributed by atoms with Gasteiger partial charge in [0.2, 0.25) is 0 Å². The summed E-state index contributed by atoms with van der Waals surface area (Å²) >= 11 is 0. The van der Waals surface area contributed by atoms with Gasteiger partial charge >= 0.3 is 0 Å². The Bertz CT molecular complexity index is 119. The third-order valence-corrected chi connectivity index (χ3v) is 2.29. The maximum atomic E-state index is 5.63. The zero-order chi connectivity index (χ0) is 10.3. The molecule has 0 spiro atoms. The summed E-state index contributed by atoms with van der Waals surface area (Å²) in [5.74, 6) is 0.823. The van der Waals surface area contributed by atoms with Crippen LogP contribution in [0.2, 0.25) is 0 Å². The number of hydrogen-bond acceptors (Lipinski definition) is 2. The first-order chi connectivity index (χ1) is 5.98. The summed E-state index contributed by atoms with van der Waals surface area (Å²) in [5, 5.41) is 3.45. The van der Waals surface area contributed by atoms with Crippen LogP contribution < -0.4 is 11.1 Å². The molecule has 0 rings (SSSR count). The molecule has 0 aliphatic heterocycles. The smallest absolute Gasteiger partial charge is 0.00146 e. The van der Waals surface area contributed by atoms with E-state index < -0.39 is 0 Å². The summed E-state index contributed by atoms with van der Waals surface area (Å²) in [5.41, 5.74) is 5.88. The summed E-state index contributed by atoms with van der Waals surface area (Å²) in [4.78, 5) is 0. The maximum Gasteiger partial charge on any atom is 0.00146 e. The quantitative estimate of drug-likeness (QED) is 0.597. The van der Waals surface area contributed by atoms with Crippen LogP contribution in [0.4, 0.5) is 0 Å². The third-order valence-electron chi connectivity index (χ3n) is 2.29. The maximum absolute atomic E-state index is 5.63. The van der Waals surface area contributed by atoms with Gasteiger partial charge in [0.1, 0.15) is 0 Å². The minimum absolute atomic E-state index is 0.248. The fourth-order valence-corrected chi connectivity index (χ4v) is 1.13. The molecule has 0 unspecified atom stereocenters. The molecule has 0 saturated carbocycles. The molecule has 3 N–H and O–H groups in total. The van der Waals surface area contributed by atoms with Crippen LogP contribution in [0.3, 0.4) is 0 Å². The van der Waals surface area contributed by atoms with Crippen LogP contribution in [0.25, 0.3) is 0 Å². The molecule has 0 bridgehead atoms. The van der Waals surface area contributed by atoms with Gasteiger partial charge in [-0.3, -0.25) is 0 Å². The van der Waals surface area contributed by atoms with Gasteiger partial charge in [0.05, 0.1) is 0 Å². The Hall–Kier alpha value is -0.0800. The molecule has 13 heavy (non-hydrogen) atoms. The van der Waals surface area contributed by atoms with Crippen molar-refractivity contribution in [2.24, 2.45) is 17.1 Å². The first-order valence-corrected chi connectivity index (χ1v) is 5.39. The Balaban J connectivity index is 3.26. The van der Waals surface area contributed by atoms with E-state index in [0.29, 0.717) is 0 Å². The molecular weight excluding hydrogens is 160 g/mol. The summed E-state index contributed by atoms with van der Waals surface area (Å²) in [6.07, 6.45) is 2.59. The summed E-state index contributed by atoms with van der Waals surface area (Å²) < 4.78 is 0. The Kier molecular flexibility index (Phi) is 6.35. The Labute approximate surface area is 83.3 Å². The third kappa shape index (κ3) is 8.26. The van der Waals surface area contributed by atoms with Crippen molar-refractivity contribution in [3.63, 3.8) is 0 Å². The minimum atomic E-state index is 0.248. The molecule has 0 heterocycles. The Morgan fingerprint density at radius 1 is 1.31 bits per heavy atom. The van der Waals surface area contributed by atoms with Crippen molar-refractivity contribution in [3.8, 4) is 0 Å². The average molecular weight is 186 g/mol. The lowest BCUT2D eigenvalue weighted by molar-refractivity contribution is 0.348. The first kappa shape index (κ1) is 12.9. The van der Waals surface area contributed by atoms with E-state index in [-0.39, 0.29) is 5.41 Å². The molecule has 0 aromatic heterocycles. The molecule has 0 aromatic carbocycles. The molecule has 0 aliphatic rings. The molecular formula is C11H26N2. The summed E-state index contributed by atoms with van der Waals surface area (Å²) in [6.45, 7) is 11.8. The highest BCUT2D eigenvalue weighted by molar-refractivity contribution is 4.71. The van der Waals surface area contributed by atoms with Crippen molar-refractivity contribution in [3.05, 3.63) is 0 Å². The number of rotatable bonds is 7. The highest BCUT2D eigenvalue weighted by Crippen LogP contribution is 2.10. The van der Waals surface area contributed by atoms with Crippen LogP contribution in [-0.2, 0) is 0 Å². The van der Waals surface area contributed by atoms with E-state index in [0.717, 1.165) is 25.6 Å². The molecule has 0 aromatic rings. The van der Waals surface area contributed by atoms with E-state index in [1.807, 2.05) is 0 Å². The van der Waals surface area contributed by atoms with Gasteiger partial charge in [0.25, 0.3) is 0 Å². The molecule has 0 aliphatic carbocycles. The number of nitrogens with two attached hydrogens (primary N) is 1. The van der Waals surface area contributed by atoms with Gasteiger partial charge in [-0.1, -0.05) is 27.7 Å². The van der Waals surface area contributed by atoms with Crippen molar-refractivity contribution in [1.82, 2.24) is 5.32 Å². The highest BCUT2D eigenvalue weighted by atomic mass is 14.9. The molecule has 80 valence electrons. The van der Waals surface area contributed by atoms with Crippen molar-refractivity contribution >= 4 is 0 Å². The van der Waals surface area contributed by atoms with Crippen molar-refractivity contribution < 1.29 is 0 Å². The van der Waals surface area contributed by atoms with Crippen LogP contribution in [0.15, 0.2) is 0 Å². The zero-order valence-electron chi connectivity index (χ0n) is 9.69. The lowest BCUT2D eigenvalue weighted by Gasteiger charge is -2.22. The van der Waals surface area contributed by atoms with E-state index in [4.69, 9.17) is 5.73 Å². The Morgan fingerprint density at radius 2 is 1.92 bits per heavy atom. The van der Waals surface area contributed by atoms with Crippen molar-refractivity contribution in [2.45, 2.75) is 40.5 Å². The molecule has 0 amide bonds. The van der Waals surface area contributed by atoms with Crippen molar-refractivity contribution in [1.29, 1.82) is 0 Å². The van der Waals surface area contributed by atoms with Gasteiger partial charge in [-0.25, -0.2) is 0 Å². The van der Waals surface area contributed by atoms with E-state index in [1.54, 1.807) is 0 Å². The monoisotopic (exact) mass is 186 g/mol. The predicted octanol–water partition coefficient (Wildman–Crippen LogP) is 2.00. The molecule has 0 radical (unpaired) electrons. The summed E-state index contributed by atoms with van der Waals surface area (Å²) in [7, 11) is 0. The van der Waals surface area contributed by atoms with Gasteiger partial charge in [-0.15, -0.1) is 0 Å². The molecule has 0 atom stereocenters.